The van der Waals surface area contributed by atoms with Gasteiger partial charge >= 0.3 is 6.18 Å². The average Bonchev–Trinajstić information content (AvgIpc) is 2.87. The van der Waals surface area contributed by atoms with Gasteiger partial charge in [-0.15, -0.1) is 0 Å². The van der Waals surface area contributed by atoms with Crippen LogP contribution in [0.5, 0.6) is 11.5 Å². The van der Waals surface area contributed by atoms with Crippen LogP contribution in [0, 0.1) is 0 Å². The van der Waals surface area contributed by atoms with Gasteiger partial charge in [-0.25, -0.2) is 0 Å². The van der Waals surface area contributed by atoms with E-state index in [1.807, 2.05) is 0 Å². The zero-order chi connectivity index (χ0) is 18.3. The van der Waals surface area contributed by atoms with Crippen LogP contribution in [-0.4, -0.2) is 56.9 Å². The molecule has 2 saturated carbocycles. The third kappa shape index (κ3) is 1.34. The first-order valence-electron chi connectivity index (χ1n) is 8.75. The third-order valence-electron chi connectivity index (χ3n) is 7.38. The normalized spacial score (nSPS) is 46.6. The Hall–Kier alpha value is -1.80. The summed E-state index contributed by atoms with van der Waals surface area (Å²) in [6, 6.07) is 2.50. The molecule has 2 spiro atoms. The van der Waals surface area contributed by atoms with Crippen molar-refractivity contribution >= 4 is 5.78 Å². The van der Waals surface area contributed by atoms with Crippen LogP contribution in [0.15, 0.2) is 12.1 Å². The number of ketones is 1. The van der Waals surface area contributed by atoms with Crippen LogP contribution in [0.3, 0.4) is 0 Å². The molecule has 0 amide bonds. The number of hydrogen-bond acceptors (Lipinski definition) is 5. The van der Waals surface area contributed by atoms with Crippen molar-refractivity contribution in [1.29, 1.82) is 0 Å². The Morgan fingerprint density at radius 2 is 2.12 bits per heavy atom. The summed E-state index contributed by atoms with van der Waals surface area (Å²) >= 11 is 0. The summed E-state index contributed by atoms with van der Waals surface area (Å²) in [5.74, 6) is -0.0250. The molecule has 8 heteroatoms. The van der Waals surface area contributed by atoms with Gasteiger partial charge in [0.25, 0.3) is 0 Å². The van der Waals surface area contributed by atoms with Crippen LogP contribution in [0.25, 0.3) is 0 Å². The van der Waals surface area contributed by atoms with Crippen molar-refractivity contribution in [2.75, 3.05) is 6.54 Å². The van der Waals surface area contributed by atoms with Gasteiger partial charge in [0.15, 0.2) is 23.4 Å². The van der Waals surface area contributed by atoms with Crippen LogP contribution in [0.1, 0.15) is 30.4 Å². The lowest BCUT2D eigenvalue weighted by molar-refractivity contribution is -0.161. The molecule has 2 aliphatic heterocycles. The van der Waals surface area contributed by atoms with E-state index < -0.39 is 41.4 Å². The number of alkyl halides is 3. The number of carbonyl (C=O) groups excluding carboxylic acids is 1. The number of carbonyl (C=O) groups is 1. The highest BCUT2D eigenvalue weighted by molar-refractivity contribution is 5.90. The third-order valence-corrected chi connectivity index (χ3v) is 7.38. The monoisotopic (exact) mass is 367 g/mol. The first kappa shape index (κ1) is 15.3. The largest absolute Gasteiger partial charge is 0.504 e. The van der Waals surface area contributed by atoms with E-state index in [1.165, 1.54) is 11.0 Å². The van der Waals surface area contributed by atoms with E-state index in [0.717, 1.165) is 5.56 Å². The van der Waals surface area contributed by atoms with Gasteiger partial charge in [-0.1, -0.05) is 6.07 Å². The standard InChI is InChI=1S/C18H16F3NO4/c19-18(20,21)7-22-14-15(22)5-8-1-2-9(23)12-11(8)16(6-15)13(26-12)10(24)3-4-17(14,16)25/h1-2,13-14,23,25H,3-7H2/t13-,14+,15+,16-,17+,22?/m0/s1. The molecule has 5 nitrogen and oxygen atoms in total. The zero-order valence-electron chi connectivity index (χ0n) is 13.6. The molecule has 1 aromatic rings. The van der Waals surface area contributed by atoms with E-state index >= 15 is 0 Å². The lowest BCUT2D eigenvalue weighted by atomic mass is 9.57. The summed E-state index contributed by atoms with van der Waals surface area (Å²) in [4.78, 5) is 13.9. The Balaban J connectivity index is 1.59. The maximum absolute atomic E-state index is 13.1. The van der Waals surface area contributed by atoms with Gasteiger partial charge in [-0.05, 0) is 30.9 Å². The van der Waals surface area contributed by atoms with Crippen LogP contribution < -0.4 is 4.74 Å². The van der Waals surface area contributed by atoms with Crippen molar-refractivity contribution in [3.63, 3.8) is 0 Å². The first-order valence-corrected chi connectivity index (χ1v) is 8.75. The number of aromatic hydroxyl groups is 1. The van der Waals surface area contributed by atoms with E-state index in [2.05, 4.69) is 0 Å². The molecule has 6 rings (SSSR count). The average molecular weight is 367 g/mol. The first-order chi connectivity index (χ1) is 12.1. The van der Waals surface area contributed by atoms with Crippen molar-refractivity contribution in [2.24, 2.45) is 0 Å². The van der Waals surface area contributed by atoms with E-state index in [0.29, 0.717) is 12.0 Å². The van der Waals surface area contributed by atoms with Gasteiger partial charge in [0.1, 0.15) is 0 Å². The highest BCUT2D eigenvalue weighted by Gasteiger charge is 2.89. The second-order valence-corrected chi connectivity index (χ2v) is 8.41. The summed E-state index contributed by atoms with van der Waals surface area (Å²) in [5, 5.41) is 21.9. The van der Waals surface area contributed by atoms with Gasteiger partial charge in [0, 0.05) is 17.5 Å². The lowest BCUT2D eigenvalue weighted by Crippen LogP contribution is -2.65. The predicted octanol–water partition coefficient (Wildman–Crippen LogP) is 1.43. The van der Waals surface area contributed by atoms with Gasteiger partial charge in [0.05, 0.1) is 23.6 Å². The number of rotatable bonds is 1. The van der Waals surface area contributed by atoms with Gasteiger partial charge in [0.2, 0.25) is 0 Å². The number of fused-ring (bicyclic) bond motifs is 1. The van der Waals surface area contributed by atoms with Crippen LogP contribution >= 0.6 is 0 Å². The number of Topliss-reactive ketones (excluding diaryl/α,β-unsaturated/α-hetero) is 1. The Labute approximate surface area is 146 Å². The fourth-order valence-corrected chi connectivity index (χ4v) is 6.74. The predicted molar refractivity (Wildman–Crippen MR) is 81.0 cm³/mol. The van der Waals surface area contributed by atoms with Crippen LogP contribution in [0.2, 0.25) is 0 Å². The molecular formula is C18H16F3NO4. The van der Waals surface area contributed by atoms with Crippen molar-refractivity contribution in [3.8, 4) is 11.5 Å². The number of nitrogens with zero attached hydrogens (tertiary/aromatic N) is 1. The molecule has 1 unspecified atom stereocenters. The maximum atomic E-state index is 13.1. The molecule has 2 bridgehead atoms. The lowest BCUT2D eigenvalue weighted by Gasteiger charge is -2.50. The Kier molecular flexibility index (Phi) is 2.29. The molecule has 2 N–H and O–H groups in total. The van der Waals surface area contributed by atoms with E-state index in [-0.39, 0.29) is 36.5 Å². The molecule has 1 aromatic carbocycles. The number of aliphatic hydroxyl groups is 1. The molecular weight excluding hydrogens is 351 g/mol. The van der Waals surface area contributed by atoms with Gasteiger partial charge in [-0.2, -0.15) is 13.2 Å². The Bertz CT molecular complexity index is 901. The van der Waals surface area contributed by atoms with E-state index in [4.69, 9.17) is 4.74 Å². The number of benzene rings is 1. The Morgan fingerprint density at radius 1 is 1.35 bits per heavy atom. The minimum absolute atomic E-state index is 0.0689. The summed E-state index contributed by atoms with van der Waals surface area (Å²) in [7, 11) is 0. The zero-order valence-corrected chi connectivity index (χ0v) is 13.6. The van der Waals surface area contributed by atoms with Crippen molar-refractivity contribution < 1.29 is 32.9 Å². The molecule has 0 aromatic heterocycles. The summed E-state index contributed by atoms with van der Waals surface area (Å²) in [6.45, 7) is -1.06. The van der Waals surface area contributed by atoms with Crippen molar-refractivity contribution in [3.05, 3.63) is 23.3 Å². The second kappa shape index (κ2) is 3.89. The van der Waals surface area contributed by atoms with E-state index in [9.17, 15) is 28.2 Å². The van der Waals surface area contributed by atoms with Gasteiger partial charge in [-0.3, -0.25) is 9.69 Å². The number of likely N-dealkylation sites (tertiary alicyclic amines) is 1. The molecule has 3 aliphatic carbocycles. The quantitative estimate of drug-likeness (QED) is 0.735. The number of halogens is 3. The topological polar surface area (TPSA) is 69.8 Å². The molecule has 2 heterocycles. The molecule has 6 atom stereocenters. The van der Waals surface area contributed by atoms with Crippen LogP contribution in [-0.2, 0) is 16.6 Å². The Morgan fingerprint density at radius 3 is 2.85 bits per heavy atom. The molecule has 3 fully saturated rings. The molecule has 1 saturated heterocycles. The van der Waals surface area contributed by atoms with E-state index in [1.54, 1.807) is 6.07 Å². The number of hydrogen-bond donors (Lipinski definition) is 2. The van der Waals surface area contributed by atoms with Crippen LogP contribution in [0.4, 0.5) is 13.2 Å². The number of phenolic OH excluding ortho intramolecular Hbond substituents is 1. The summed E-state index contributed by atoms with van der Waals surface area (Å²) in [5.41, 5.74) is -1.88. The SMILES string of the molecule is O=C1CC[C@@]2(O)[C@@H]3N(CC(F)(F)F)[C@@]34Cc3ccc(O)c5c3[C@@]2(C4)[C@H]1O5. The highest BCUT2D eigenvalue weighted by atomic mass is 19.4. The number of phenols is 1. The fraction of sp³-hybridized carbons (Fsp3) is 0.611. The minimum atomic E-state index is -4.35. The second-order valence-electron chi connectivity index (χ2n) is 8.41. The van der Waals surface area contributed by atoms with Crippen molar-refractivity contribution in [2.45, 2.75) is 60.6 Å². The fourth-order valence-electron chi connectivity index (χ4n) is 6.74. The molecule has 5 aliphatic rings. The minimum Gasteiger partial charge on any atom is -0.504 e. The molecule has 138 valence electrons. The van der Waals surface area contributed by atoms with Crippen molar-refractivity contribution in [1.82, 2.24) is 4.90 Å². The maximum Gasteiger partial charge on any atom is 0.401 e. The smallest absolute Gasteiger partial charge is 0.401 e. The number of ether oxygens (including phenoxy) is 1. The summed E-state index contributed by atoms with van der Waals surface area (Å²) < 4.78 is 45.1. The highest BCUT2D eigenvalue weighted by Crippen LogP contribution is 2.76. The number of piperidine rings is 1. The molecule has 26 heavy (non-hydrogen) atoms. The molecule has 0 radical (unpaired) electrons. The summed E-state index contributed by atoms with van der Waals surface area (Å²) in [6.07, 6.45) is -4.46. The van der Waals surface area contributed by atoms with Gasteiger partial charge < -0.3 is 14.9 Å².